The number of hydrogen-bond donors (Lipinski definition) is 1. The first-order valence-corrected chi connectivity index (χ1v) is 2.87. The molecule has 0 unspecified atom stereocenters. The van der Waals surface area contributed by atoms with Gasteiger partial charge in [0.1, 0.15) is 0 Å². The van der Waals surface area contributed by atoms with Crippen molar-refractivity contribution in [2.24, 2.45) is 4.99 Å². The Morgan fingerprint density at radius 3 is 2.78 bits per heavy atom. The molecule has 1 amide bonds. The normalized spacial score (nSPS) is 12.2. The number of carbonyl (C=O) groups is 1. The van der Waals surface area contributed by atoms with Crippen molar-refractivity contribution in [3.63, 3.8) is 0 Å². The topological polar surface area (TPSA) is 41.5 Å². The second-order valence-corrected chi connectivity index (χ2v) is 1.91. The highest BCUT2D eigenvalue weighted by molar-refractivity contribution is 5.76. The third-order valence-corrected chi connectivity index (χ3v) is 1.07. The molecular weight excluding hydrogens is 116 g/mol. The average molecular weight is 128 g/mol. The number of nitrogens with one attached hydrogen (secondary N) is 1. The molecule has 0 saturated heterocycles. The van der Waals surface area contributed by atoms with E-state index in [2.05, 4.69) is 17.0 Å². The summed E-state index contributed by atoms with van der Waals surface area (Å²) in [6, 6.07) is 0.0324. The van der Waals surface area contributed by atoms with Gasteiger partial charge in [0.2, 0.25) is 5.91 Å². The first kappa shape index (κ1) is 8.14. The van der Waals surface area contributed by atoms with E-state index in [1.165, 1.54) is 0 Å². The van der Waals surface area contributed by atoms with E-state index in [1.807, 2.05) is 6.92 Å². The Kier molecular flexibility index (Phi) is 3.67. The van der Waals surface area contributed by atoms with Crippen LogP contribution in [0.25, 0.3) is 0 Å². The Balaban J connectivity index is 3.46. The van der Waals surface area contributed by atoms with Crippen molar-refractivity contribution in [3.8, 4) is 0 Å². The third kappa shape index (κ3) is 3.70. The third-order valence-electron chi connectivity index (χ3n) is 1.07. The Bertz CT molecular complexity index is 112. The van der Waals surface area contributed by atoms with E-state index in [4.69, 9.17) is 0 Å². The predicted molar refractivity (Wildman–Crippen MR) is 37.7 cm³/mol. The Labute approximate surface area is 55.2 Å². The summed E-state index contributed by atoms with van der Waals surface area (Å²) in [7, 11) is 1.61. The summed E-state index contributed by atoms with van der Waals surface area (Å²) < 4.78 is 0. The first-order valence-electron chi connectivity index (χ1n) is 2.87. The fraction of sp³-hybridized carbons (Fsp3) is 0.667. The fourth-order valence-electron chi connectivity index (χ4n) is 0.435. The number of aliphatic imine (C=N–C) groups is 1. The molecule has 0 saturated carbocycles. The molecular formula is C6H12N2O. The summed E-state index contributed by atoms with van der Waals surface area (Å²) in [5.74, 6) is 0.00917. The predicted octanol–water partition coefficient (Wildman–Crippen LogP) is 0.212. The summed E-state index contributed by atoms with van der Waals surface area (Å²) in [4.78, 5) is 14.2. The van der Waals surface area contributed by atoms with Gasteiger partial charge in [0, 0.05) is 13.5 Å². The van der Waals surface area contributed by atoms with Gasteiger partial charge in [-0.25, -0.2) is 0 Å². The standard InChI is InChI=1S/C6H12N2O/c1-5(7-2)4-6(9)8-3/h5H,2,4H2,1,3H3,(H,8,9)/t5-/m0/s1. The highest BCUT2D eigenvalue weighted by Gasteiger charge is 2.02. The SMILES string of the molecule is C=N[C@@H](C)CC(=O)NC. The van der Waals surface area contributed by atoms with Crippen LogP contribution >= 0.6 is 0 Å². The van der Waals surface area contributed by atoms with E-state index in [0.29, 0.717) is 6.42 Å². The molecule has 0 aliphatic carbocycles. The molecule has 3 heteroatoms. The van der Waals surface area contributed by atoms with Gasteiger partial charge in [-0.1, -0.05) is 0 Å². The van der Waals surface area contributed by atoms with Gasteiger partial charge >= 0.3 is 0 Å². The Hall–Kier alpha value is -0.860. The molecule has 1 N–H and O–H groups in total. The van der Waals surface area contributed by atoms with Crippen molar-refractivity contribution in [2.75, 3.05) is 7.05 Å². The van der Waals surface area contributed by atoms with Gasteiger partial charge in [-0.15, -0.1) is 0 Å². The van der Waals surface area contributed by atoms with Crippen molar-refractivity contribution >= 4 is 12.6 Å². The van der Waals surface area contributed by atoms with Crippen molar-refractivity contribution in [3.05, 3.63) is 0 Å². The first-order chi connectivity index (χ1) is 4.20. The van der Waals surface area contributed by atoms with Crippen LogP contribution in [0.3, 0.4) is 0 Å². The van der Waals surface area contributed by atoms with Crippen LogP contribution in [0, 0.1) is 0 Å². The second-order valence-electron chi connectivity index (χ2n) is 1.91. The van der Waals surface area contributed by atoms with Crippen molar-refractivity contribution in [2.45, 2.75) is 19.4 Å². The van der Waals surface area contributed by atoms with Gasteiger partial charge in [0.25, 0.3) is 0 Å². The highest BCUT2D eigenvalue weighted by Crippen LogP contribution is 1.93. The molecule has 0 fully saturated rings. The molecule has 0 spiro atoms. The molecule has 3 nitrogen and oxygen atoms in total. The minimum Gasteiger partial charge on any atom is -0.359 e. The van der Waals surface area contributed by atoms with E-state index in [1.54, 1.807) is 7.05 Å². The maximum atomic E-state index is 10.6. The average Bonchev–Trinajstić information content (AvgIpc) is 1.87. The van der Waals surface area contributed by atoms with E-state index in [0.717, 1.165) is 0 Å². The van der Waals surface area contributed by atoms with Crippen LogP contribution < -0.4 is 5.32 Å². The molecule has 9 heavy (non-hydrogen) atoms. The molecule has 0 radical (unpaired) electrons. The lowest BCUT2D eigenvalue weighted by Crippen LogP contribution is -2.21. The number of rotatable bonds is 3. The Morgan fingerprint density at radius 2 is 2.44 bits per heavy atom. The van der Waals surface area contributed by atoms with Gasteiger partial charge < -0.3 is 5.32 Å². The highest BCUT2D eigenvalue weighted by atomic mass is 16.1. The lowest BCUT2D eigenvalue weighted by molar-refractivity contribution is -0.120. The summed E-state index contributed by atoms with van der Waals surface area (Å²) >= 11 is 0. The molecule has 0 heterocycles. The largest absolute Gasteiger partial charge is 0.359 e. The molecule has 0 aromatic rings. The van der Waals surface area contributed by atoms with Crippen LogP contribution in [0.2, 0.25) is 0 Å². The molecule has 0 bridgehead atoms. The summed E-state index contributed by atoms with van der Waals surface area (Å²) in [6.45, 7) is 5.17. The van der Waals surface area contributed by atoms with E-state index in [-0.39, 0.29) is 11.9 Å². The van der Waals surface area contributed by atoms with Crippen LogP contribution in [0.15, 0.2) is 4.99 Å². The van der Waals surface area contributed by atoms with Crippen LogP contribution in [0.1, 0.15) is 13.3 Å². The quantitative estimate of drug-likeness (QED) is 0.542. The Morgan fingerprint density at radius 1 is 1.89 bits per heavy atom. The van der Waals surface area contributed by atoms with Crippen LogP contribution in [-0.4, -0.2) is 25.7 Å². The number of hydrogen-bond acceptors (Lipinski definition) is 2. The molecule has 0 rings (SSSR count). The smallest absolute Gasteiger partial charge is 0.221 e. The van der Waals surface area contributed by atoms with Crippen molar-refractivity contribution in [1.29, 1.82) is 0 Å². The van der Waals surface area contributed by atoms with E-state index in [9.17, 15) is 4.79 Å². The van der Waals surface area contributed by atoms with Crippen molar-refractivity contribution < 1.29 is 4.79 Å². The fourth-order valence-corrected chi connectivity index (χ4v) is 0.435. The molecule has 0 aromatic heterocycles. The zero-order valence-corrected chi connectivity index (χ0v) is 5.85. The lowest BCUT2D eigenvalue weighted by atomic mass is 10.2. The zero-order valence-electron chi connectivity index (χ0n) is 5.85. The summed E-state index contributed by atoms with van der Waals surface area (Å²) in [6.07, 6.45) is 0.431. The monoisotopic (exact) mass is 128 g/mol. The minimum absolute atomic E-state index is 0.00917. The number of amides is 1. The second kappa shape index (κ2) is 4.06. The van der Waals surface area contributed by atoms with Crippen LogP contribution in [-0.2, 0) is 4.79 Å². The molecule has 0 aromatic carbocycles. The van der Waals surface area contributed by atoms with Crippen molar-refractivity contribution in [1.82, 2.24) is 5.32 Å². The van der Waals surface area contributed by atoms with E-state index >= 15 is 0 Å². The maximum absolute atomic E-state index is 10.6. The minimum atomic E-state index is 0.00917. The van der Waals surface area contributed by atoms with E-state index < -0.39 is 0 Å². The molecule has 52 valence electrons. The lowest BCUT2D eigenvalue weighted by Gasteiger charge is -2.01. The number of carbonyl (C=O) groups excluding carboxylic acids is 1. The van der Waals surface area contributed by atoms with Gasteiger partial charge in [0.05, 0.1) is 6.04 Å². The van der Waals surface area contributed by atoms with Gasteiger partial charge in [-0.3, -0.25) is 9.79 Å². The van der Waals surface area contributed by atoms with Gasteiger partial charge in [-0.05, 0) is 13.6 Å². The van der Waals surface area contributed by atoms with Crippen LogP contribution in [0.4, 0.5) is 0 Å². The maximum Gasteiger partial charge on any atom is 0.221 e. The molecule has 0 aliphatic rings. The molecule has 1 atom stereocenters. The number of nitrogens with zero attached hydrogens (tertiary/aromatic N) is 1. The summed E-state index contributed by atoms with van der Waals surface area (Å²) in [5.41, 5.74) is 0. The summed E-state index contributed by atoms with van der Waals surface area (Å²) in [5, 5.41) is 2.50. The zero-order chi connectivity index (χ0) is 7.28. The van der Waals surface area contributed by atoms with Crippen LogP contribution in [0.5, 0.6) is 0 Å². The van der Waals surface area contributed by atoms with Gasteiger partial charge in [-0.2, -0.15) is 0 Å². The molecule has 0 aliphatic heterocycles. The van der Waals surface area contributed by atoms with Gasteiger partial charge in [0.15, 0.2) is 0 Å².